The minimum absolute atomic E-state index is 0. The molecule has 134 valence electrons. The second-order valence-electron chi connectivity index (χ2n) is 6.70. The van der Waals surface area contributed by atoms with Gasteiger partial charge in [0, 0.05) is 20.1 Å². The summed E-state index contributed by atoms with van der Waals surface area (Å²) in [5.74, 6) is 2.55. The van der Waals surface area contributed by atoms with E-state index in [1.54, 1.807) is 7.05 Å². The van der Waals surface area contributed by atoms with Gasteiger partial charge < -0.3 is 10.6 Å². The zero-order valence-electron chi connectivity index (χ0n) is 14.0. The van der Waals surface area contributed by atoms with Crippen molar-refractivity contribution in [1.82, 2.24) is 10.6 Å². The standard InChI is InChI=1S/C18H25F2N3.HI/c1-21-18(23-11-16(12-2-3-12)13-4-5-13)22-9-8-14-10-15(19)6-7-17(14)20;/h6-7,10,12-13,16H,2-5,8-9,11H2,1H3,(H2,21,22,23);1H. The van der Waals surface area contributed by atoms with E-state index in [9.17, 15) is 8.78 Å². The zero-order valence-corrected chi connectivity index (χ0v) is 16.4. The Bertz CT molecular complexity index is 559. The van der Waals surface area contributed by atoms with Crippen LogP contribution in [0.1, 0.15) is 31.2 Å². The maximum Gasteiger partial charge on any atom is 0.190 e. The number of hydrogen-bond donors (Lipinski definition) is 2. The Morgan fingerprint density at radius 3 is 2.42 bits per heavy atom. The minimum Gasteiger partial charge on any atom is -0.356 e. The van der Waals surface area contributed by atoms with Gasteiger partial charge in [-0.3, -0.25) is 4.99 Å². The highest BCUT2D eigenvalue weighted by Gasteiger charge is 2.41. The number of guanidine groups is 1. The molecular formula is C18H26F2IN3. The Morgan fingerprint density at radius 2 is 1.83 bits per heavy atom. The van der Waals surface area contributed by atoms with E-state index in [2.05, 4.69) is 15.6 Å². The van der Waals surface area contributed by atoms with Crippen molar-refractivity contribution in [2.24, 2.45) is 22.7 Å². The summed E-state index contributed by atoms with van der Waals surface area (Å²) in [5, 5.41) is 6.58. The molecule has 6 heteroatoms. The van der Waals surface area contributed by atoms with Crippen molar-refractivity contribution in [3.8, 4) is 0 Å². The van der Waals surface area contributed by atoms with Crippen LogP contribution in [0.2, 0.25) is 0 Å². The van der Waals surface area contributed by atoms with Crippen LogP contribution in [-0.2, 0) is 6.42 Å². The molecular weight excluding hydrogens is 423 g/mol. The van der Waals surface area contributed by atoms with Crippen molar-refractivity contribution in [1.29, 1.82) is 0 Å². The van der Waals surface area contributed by atoms with Crippen LogP contribution in [0.25, 0.3) is 0 Å². The summed E-state index contributed by atoms with van der Waals surface area (Å²) in [6, 6.07) is 3.57. The second-order valence-corrected chi connectivity index (χ2v) is 6.70. The lowest BCUT2D eigenvalue weighted by Crippen LogP contribution is -2.41. The van der Waals surface area contributed by atoms with Gasteiger partial charge in [0.15, 0.2) is 5.96 Å². The maximum atomic E-state index is 13.6. The Morgan fingerprint density at radius 1 is 1.17 bits per heavy atom. The average Bonchev–Trinajstić information content (AvgIpc) is 3.42. The Labute approximate surface area is 159 Å². The zero-order chi connectivity index (χ0) is 16.2. The summed E-state index contributed by atoms with van der Waals surface area (Å²) in [6.45, 7) is 1.49. The molecule has 0 saturated heterocycles. The highest BCUT2D eigenvalue weighted by Crippen LogP contribution is 2.48. The topological polar surface area (TPSA) is 36.4 Å². The molecule has 2 N–H and O–H groups in total. The van der Waals surface area contributed by atoms with E-state index in [-0.39, 0.29) is 29.8 Å². The molecule has 0 amide bonds. The molecule has 0 atom stereocenters. The van der Waals surface area contributed by atoms with Gasteiger partial charge in [0.1, 0.15) is 11.6 Å². The number of rotatable bonds is 7. The van der Waals surface area contributed by atoms with E-state index in [4.69, 9.17) is 0 Å². The first kappa shape index (κ1) is 19.4. The molecule has 2 aliphatic rings. The van der Waals surface area contributed by atoms with E-state index in [1.807, 2.05) is 0 Å². The Kier molecular flexibility index (Phi) is 7.25. The summed E-state index contributed by atoms with van der Waals surface area (Å²) in [6.07, 6.45) is 5.90. The third kappa shape index (κ3) is 5.57. The van der Waals surface area contributed by atoms with Crippen LogP contribution >= 0.6 is 24.0 Å². The summed E-state index contributed by atoms with van der Waals surface area (Å²) < 4.78 is 26.7. The summed E-state index contributed by atoms with van der Waals surface area (Å²) >= 11 is 0. The second kappa shape index (κ2) is 8.97. The van der Waals surface area contributed by atoms with Gasteiger partial charge in [0.05, 0.1) is 0 Å². The number of nitrogens with zero attached hydrogens (tertiary/aromatic N) is 1. The Balaban J connectivity index is 0.00000208. The lowest BCUT2D eigenvalue weighted by Gasteiger charge is -2.18. The summed E-state index contributed by atoms with van der Waals surface area (Å²) in [4.78, 5) is 4.22. The summed E-state index contributed by atoms with van der Waals surface area (Å²) in [7, 11) is 1.74. The van der Waals surface area contributed by atoms with Crippen LogP contribution in [0.15, 0.2) is 23.2 Å². The van der Waals surface area contributed by atoms with Gasteiger partial charge in [0.2, 0.25) is 0 Å². The number of halogens is 3. The SMILES string of the molecule is CN=C(NCCc1cc(F)ccc1F)NCC(C1CC1)C1CC1.I. The van der Waals surface area contributed by atoms with Crippen LogP contribution in [0.3, 0.4) is 0 Å². The van der Waals surface area contributed by atoms with E-state index < -0.39 is 5.82 Å². The molecule has 1 aromatic rings. The molecule has 2 fully saturated rings. The number of nitrogens with one attached hydrogen (secondary N) is 2. The molecule has 0 heterocycles. The van der Waals surface area contributed by atoms with Crippen molar-refractivity contribution in [3.63, 3.8) is 0 Å². The first-order valence-electron chi connectivity index (χ1n) is 8.56. The first-order valence-corrected chi connectivity index (χ1v) is 8.56. The fraction of sp³-hybridized carbons (Fsp3) is 0.611. The number of hydrogen-bond acceptors (Lipinski definition) is 1. The Hall–Kier alpha value is -0.920. The summed E-state index contributed by atoms with van der Waals surface area (Å²) in [5.41, 5.74) is 0.391. The van der Waals surface area contributed by atoms with Gasteiger partial charge in [-0.05, 0) is 73.6 Å². The quantitative estimate of drug-likeness (QED) is 0.378. The largest absolute Gasteiger partial charge is 0.356 e. The molecule has 24 heavy (non-hydrogen) atoms. The smallest absolute Gasteiger partial charge is 0.190 e. The highest BCUT2D eigenvalue weighted by molar-refractivity contribution is 14.0. The van der Waals surface area contributed by atoms with Crippen LogP contribution in [0.5, 0.6) is 0 Å². The van der Waals surface area contributed by atoms with Crippen LogP contribution in [0.4, 0.5) is 8.78 Å². The van der Waals surface area contributed by atoms with Crippen LogP contribution in [-0.4, -0.2) is 26.1 Å². The van der Waals surface area contributed by atoms with Crippen molar-refractivity contribution in [2.75, 3.05) is 20.1 Å². The maximum absolute atomic E-state index is 13.6. The molecule has 3 rings (SSSR count). The van der Waals surface area contributed by atoms with Gasteiger partial charge in [-0.15, -0.1) is 24.0 Å². The van der Waals surface area contributed by atoms with Crippen molar-refractivity contribution in [2.45, 2.75) is 32.1 Å². The molecule has 0 aromatic heterocycles. The lowest BCUT2D eigenvalue weighted by atomic mass is 9.98. The normalized spacial score (nSPS) is 17.6. The minimum atomic E-state index is -0.402. The van der Waals surface area contributed by atoms with Crippen molar-refractivity contribution in [3.05, 3.63) is 35.4 Å². The number of aliphatic imine (C=N–C) groups is 1. The molecule has 0 bridgehead atoms. The first-order chi connectivity index (χ1) is 11.2. The van der Waals surface area contributed by atoms with E-state index in [1.165, 1.54) is 37.8 Å². The molecule has 0 spiro atoms. The van der Waals surface area contributed by atoms with Gasteiger partial charge >= 0.3 is 0 Å². The van der Waals surface area contributed by atoms with E-state index >= 15 is 0 Å². The van der Waals surface area contributed by atoms with Crippen molar-refractivity contribution >= 4 is 29.9 Å². The van der Waals surface area contributed by atoms with Crippen molar-refractivity contribution < 1.29 is 8.78 Å². The fourth-order valence-electron chi connectivity index (χ4n) is 3.25. The fourth-order valence-corrected chi connectivity index (χ4v) is 3.25. The molecule has 3 nitrogen and oxygen atoms in total. The molecule has 2 saturated carbocycles. The van der Waals surface area contributed by atoms with Crippen LogP contribution < -0.4 is 10.6 Å². The third-order valence-electron chi connectivity index (χ3n) is 4.88. The monoisotopic (exact) mass is 449 g/mol. The van der Waals surface area contributed by atoms with Crippen LogP contribution in [0, 0.1) is 29.4 Å². The van der Waals surface area contributed by atoms with E-state index in [0.717, 1.165) is 36.3 Å². The van der Waals surface area contributed by atoms with Gasteiger partial charge in [-0.25, -0.2) is 8.78 Å². The predicted octanol–water partition coefficient (Wildman–Crippen LogP) is 3.73. The average molecular weight is 449 g/mol. The lowest BCUT2D eigenvalue weighted by molar-refractivity contribution is 0.400. The molecule has 0 unspecified atom stereocenters. The van der Waals surface area contributed by atoms with Gasteiger partial charge in [0.25, 0.3) is 0 Å². The third-order valence-corrected chi connectivity index (χ3v) is 4.88. The van der Waals surface area contributed by atoms with Gasteiger partial charge in [-0.2, -0.15) is 0 Å². The van der Waals surface area contributed by atoms with E-state index in [0.29, 0.717) is 18.5 Å². The number of benzene rings is 1. The van der Waals surface area contributed by atoms with Gasteiger partial charge in [-0.1, -0.05) is 0 Å². The predicted molar refractivity (Wildman–Crippen MR) is 104 cm³/mol. The molecule has 0 radical (unpaired) electrons. The molecule has 1 aromatic carbocycles. The highest BCUT2D eigenvalue weighted by atomic mass is 127. The molecule has 0 aliphatic heterocycles. The molecule has 2 aliphatic carbocycles.